The predicted octanol–water partition coefficient (Wildman–Crippen LogP) is 2.92. The third-order valence-electron chi connectivity index (χ3n) is 3.13. The van der Waals surface area contributed by atoms with Crippen LogP contribution >= 0.6 is 0 Å². The zero-order valence-corrected chi connectivity index (χ0v) is 12.1. The van der Waals surface area contributed by atoms with E-state index in [1.54, 1.807) is 37.5 Å². The summed E-state index contributed by atoms with van der Waals surface area (Å²) in [6.45, 7) is 2.88. The monoisotopic (exact) mass is 287 g/mol. The number of pyridine rings is 1. The standard InChI is InChI=1S/C16H18FN3O/c1-3-19-15-8-9-18-10-13(15)16(21)20(2)11-12-6-4-5-7-14(12)17/h4-10H,3,11H2,1-2H3,(H,18,19). The topological polar surface area (TPSA) is 45.2 Å². The minimum absolute atomic E-state index is 0.192. The smallest absolute Gasteiger partial charge is 0.257 e. The lowest BCUT2D eigenvalue weighted by Gasteiger charge is -2.19. The fraction of sp³-hybridized carbons (Fsp3) is 0.250. The number of nitrogens with one attached hydrogen (secondary N) is 1. The van der Waals surface area contributed by atoms with Crippen molar-refractivity contribution < 1.29 is 9.18 Å². The summed E-state index contributed by atoms with van der Waals surface area (Å²) >= 11 is 0. The maximum atomic E-state index is 13.7. The van der Waals surface area contributed by atoms with Crippen LogP contribution in [0.5, 0.6) is 0 Å². The van der Waals surface area contributed by atoms with Crippen LogP contribution in [0.3, 0.4) is 0 Å². The van der Waals surface area contributed by atoms with Crippen LogP contribution in [-0.2, 0) is 6.54 Å². The van der Waals surface area contributed by atoms with Crippen LogP contribution in [0, 0.1) is 5.82 Å². The molecule has 0 fully saturated rings. The molecule has 0 aliphatic carbocycles. The normalized spacial score (nSPS) is 10.2. The highest BCUT2D eigenvalue weighted by Gasteiger charge is 2.17. The van der Waals surface area contributed by atoms with E-state index in [0.717, 1.165) is 5.69 Å². The van der Waals surface area contributed by atoms with Crippen molar-refractivity contribution >= 4 is 11.6 Å². The number of carbonyl (C=O) groups excluding carboxylic acids is 1. The zero-order chi connectivity index (χ0) is 15.2. The number of hydrogen-bond acceptors (Lipinski definition) is 3. The second kappa shape index (κ2) is 6.83. The molecule has 5 heteroatoms. The summed E-state index contributed by atoms with van der Waals surface area (Å²) in [5, 5.41) is 3.13. The number of benzene rings is 1. The first kappa shape index (κ1) is 15.0. The molecular weight excluding hydrogens is 269 g/mol. The van der Waals surface area contributed by atoms with Crippen molar-refractivity contribution in [2.75, 3.05) is 18.9 Å². The summed E-state index contributed by atoms with van der Waals surface area (Å²) in [7, 11) is 1.65. The van der Waals surface area contributed by atoms with Crippen LogP contribution in [0.1, 0.15) is 22.8 Å². The third kappa shape index (κ3) is 3.56. The van der Waals surface area contributed by atoms with Gasteiger partial charge in [-0.15, -0.1) is 0 Å². The second-order valence-corrected chi connectivity index (χ2v) is 4.70. The van der Waals surface area contributed by atoms with Crippen LogP contribution in [0.2, 0.25) is 0 Å². The molecule has 21 heavy (non-hydrogen) atoms. The highest BCUT2D eigenvalue weighted by atomic mass is 19.1. The van der Waals surface area contributed by atoms with Gasteiger partial charge in [-0.05, 0) is 19.1 Å². The first-order valence-electron chi connectivity index (χ1n) is 6.80. The number of anilines is 1. The van der Waals surface area contributed by atoms with E-state index in [2.05, 4.69) is 10.3 Å². The Morgan fingerprint density at radius 1 is 1.33 bits per heavy atom. The summed E-state index contributed by atoms with van der Waals surface area (Å²) in [5.74, 6) is -0.502. The van der Waals surface area contributed by atoms with Crippen LogP contribution < -0.4 is 5.32 Å². The average Bonchev–Trinajstić information content (AvgIpc) is 2.50. The largest absolute Gasteiger partial charge is 0.385 e. The fourth-order valence-corrected chi connectivity index (χ4v) is 2.07. The fourth-order valence-electron chi connectivity index (χ4n) is 2.07. The maximum Gasteiger partial charge on any atom is 0.257 e. The Kier molecular flexibility index (Phi) is 4.87. The maximum absolute atomic E-state index is 13.7. The first-order valence-corrected chi connectivity index (χ1v) is 6.80. The van der Waals surface area contributed by atoms with Gasteiger partial charge in [0.15, 0.2) is 0 Å². The number of hydrogen-bond donors (Lipinski definition) is 1. The number of halogens is 1. The summed E-state index contributed by atoms with van der Waals surface area (Å²) < 4.78 is 13.7. The Morgan fingerprint density at radius 3 is 2.81 bits per heavy atom. The quantitative estimate of drug-likeness (QED) is 0.919. The third-order valence-corrected chi connectivity index (χ3v) is 3.13. The van der Waals surface area contributed by atoms with E-state index < -0.39 is 0 Å². The molecule has 0 radical (unpaired) electrons. The molecule has 110 valence electrons. The molecule has 1 N–H and O–H groups in total. The minimum Gasteiger partial charge on any atom is -0.385 e. The second-order valence-electron chi connectivity index (χ2n) is 4.70. The Morgan fingerprint density at radius 2 is 2.10 bits per heavy atom. The van der Waals surface area contributed by atoms with Crippen molar-refractivity contribution in [2.45, 2.75) is 13.5 Å². The lowest BCUT2D eigenvalue weighted by molar-refractivity contribution is 0.0784. The van der Waals surface area contributed by atoms with Gasteiger partial charge in [0.25, 0.3) is 5.91 Å². The van der Waals surface area contributed by atoms with Crippen molar-refractivity contribution in [1.82, 2.24) is 9.88 Å². The van der Waals surface area contributed by atoms with E-state index in [-0.39, 0.29) is 18.3 Å². The lowest BCUT2D eigenvalue weighted by atomic mass is 10.1. The lowest BCUT2D eigenvalue weighted by Crippen LogP contribution is -2.27. The summed E-state index contributed by atoms with van der Waals surface area (Å²) in [6, 6.07) is 8.21. The van der Waals surface area contributed by atoms with E-state index in [0.29, 0.717) is 17.7 Å². The highest BCUT2D eigenvalue weighted by molar-refractivity contribution is 5.99. The van der Waals surface area contributed by atoms with Gasteiger partial charge in [0.2, 0.25) is 0 Å². The molecule has 1 aromatic carbocycles. The molecule has 0 aliphatic rings. The number of aromatic nitrogens is 1. The predicted molar refractivity (Wildman–Crippen MR) is 80.6 cm³/mol. The molecule has 4 nitrogen and oxygen atoms in total. The van der Waals surface area contributed by atoms with Crippen molar-refractivity contribution in [3.63, 3.8) is 0 Å². The van der Waals surface area contributed by atoms with Gasteiger partial charge in [0.1, 0.15) is 5.82 Å². The van der Waals surface area contributed by atoms with Crippen LogP contribution in [-0.4, -0.2) is 29.4 Å². The molecule has 1 amide bonds. The summed E-state index contributed by atoms with van der Waals surface area (Å²) in [6.07, 6.45) is 3.16. The number of amides is 1. The van der Waals surface area contributed by atoms with Crippen molar-refractivity contribution in [1.29, 1.82) is 0 Å². The van der Waals surface area contributed by atoms with Gasteiger partial charge in [-0.2, -0.15) is 0 Å². The molecule has 1 heterocycles. The first-order chi connectivity index (χ1) is 10.1. The molecular formula is C16H18FN3O. The van der Waals surface area contributed by atoms with Gasteiger partial charge in [0.05, 0.1) is 11.3 Å². The van der Waals surface area contributed by atoms with E-state index in [1.165, 1.54) is 17.2 Å². The van der Waals surface area contributed by atoms with Gasteiger partial charge >= 0.3 is 0 Å². The van der Waals surface area contributed by atoms with E-state index in [9.17, 15) is 9.18 Å². The zero-order valence-electron chi connectivity index (χ0n) is 12.1. The summed E-state index contributed by atoms with van der Waals surface area (Å²) in [5.41, 5.74) is 1.71. The van der Waals surface area contributed by atoms with Crippen LogP contribution in [0.25, 0.3) is 0 Å². The number of carbonyl (C=O) groups is 1. The summed E-state index contributed by atoms with van der Waals surface area (Å²) in [4.78, 5) is 18.0. The molecule has 2 rings (SSSR count). The molecule has 1 aromatic heterocycles. The van der Waals surface area contributed by atoms with Gasteiger partial charge in [-0.1, -0.05) is 18.2 Å². The number of rotatable bonds is 5. The Labute approximate surface area is 123 Å². The molecule has 0 atom stereocenters. The molecule has 0 aliphatic heterocycles. The van der Waals surface area contributed by atoms with E-state index >= 15 is 0 Å². The van der Waals surface area contributed by atoms with Crippen molar-refractivity contribution in [3.05, 3.63) is 59.7 Å². The van der Waals surface area contributed by atoms with Gasteiger partial charge < -0.3 is 10.2 Å². The van der Waals surface area contributed by atoms with Crippen LogP contribution in [0.15, 0.2) is 42.7 Å². The van der Waals surface area contributed by atoms with Gasteiger partial charge in [0, 0.05) is 38.1 Å². The van der Waals surface area contributed by atoms with Gasteiger partial charge in [-0.3, -0.25) is 9.78 Å². The Hall–Kier alpha value is -2.43. The van der Waals surface area contributed by atoms with Crippen molar-refractivity contribution in [3.8, 4) is 0 Å². The van der Waals surface area contributed by atoms with Crippen LogP contribution in [0.4, 0.5) is 10.1 Å². The molecule has 0 unspecified atom stereocenters. The molecule has 2 aromatic rings. The highest BCUT2D eigenvalue weighted by Crippen LogP contribution is 2.17. The molecule has 0 bridgehead atoms. The minimum atomic E-state index is -0.310. The SMILES string of the molecule is CCNc1ccncc1C(=O)N(C)Cc1ccccc1F. The van der Waals surface area contributed by atoms with Crippen molar-refractivity contribution in [2.24, 2.45) is 0 Å². The Bertz CT molecular complexity index is 630. The molecule has 0 saturated carbocycles. The van der Waals surface area contributed by atoms with Gasteiger partial charge in [-0.25, -0.2) is 4.39 Å². The average molecular weight is 287 g/mol. The van der Waals surface area contributed by atoms with E-state index in [1.807, 2.05) is 6.92 Å². The molecule has 0 spiro atoms. The molecule has 0 saturated heterocycles. The Balaban J connectivity index is 2.18. The number of nitrogens with zero attached hydrogens (tertiary/aromatic N) is 2. The van der Waals surface area contributed by atoms with E-state index in [4.69, 9.17) is 0 Å².